The summed E-state index contributed by atoms with van der Waals surface area (Å²) in [5.74, 6) is -0.295. The molecule has 1 fully saturated rings. The minimum Gasteiger partial charge on any atom is -0.480 e. The van der Waals surface area contributed by atoms with Crippen molar-refractivity contribution in [3.8, 4) is 0 Å². The number of carbonyl (C=O) groups is 1. The maximum Gasteiger partial charge on any atom is 0.326 e. The maximum absolute atomic E-state index is 13.7. The number of rotatable bonds is 12. The molecular weight excluding hydrogens is 563 g/mol. The highest BCUT2D eigenvalue weighted by Crippen LogP contribution is 2.20. The Balaban J connectivity index is 1.23. The summed E-state index contributed by atoms with van der Waals surface area (Å²) >= 11 is 0. The number of hydrogen-bond acceptors (Lipinski definition) is 10. The third kappa shape index (κ3) is 7.62. The molecule has 1 atom stereocenters. The van der Waals surface area contributed by atoms with Crippen molar-refractivity contribution in [2.75, 3.05) is 42.1 Å². The molecule has 0 amide bonds. The summed E-state index contributed by atoms with van der Waals surface area (Å²) in [5.41, 5.74) is 4.01. The third-order valence-electron chi connectivity index (χ3n) is 7.23. The number of fused-ring (bicyclic) bond motifs is 1. The number of aliphatic carboxylic acids is 1. The zero-order valence-electron chi connectivity index (χ0n) is 23.9. The highest BCUT2D eigenvalue weighted by molar-refractivity contribution is 5.77. The number of nitrogens with one attached hydrogen (secondary N) is 5. The molecule has 13 heteroatoms. The Hall–Kier alpha value is -5.14. The van der Waals surface area contributed by atoms with Crippen LogP contribution in [0, 0.1) is 5.82 Å². The fraction of sp³-hybridized carbons (Fsp3) is 0.258. The van der Waals surface area contributed by atoms with Crippen LogP contribution in [0.25, 0.3) is 11.0 Å². The van der Waals surface area contributed by atoms with Gasteiger partial charge in [-0.1, -0.05) is 42.5 Å². The molecule has 6 N–H and O–H groups in total. The summed E-state index contributed by atoms with van der Waals surface area (Å²) in [6.45, 7) is 4.97. The van der Waals surface area contributed by atoms with Gasteiger partial charge in [0.1, 0.15) is 17.7 Å². The largest absolute Gasteiger partial charge is 0.480 e. The van der Waals surface area contributed by atoms with E-state index in [-0.39, 0.29) is 36.6 Å². The Morgan fingerprint density at radius 3 is 2.50 bits per heavy atom. The van der Waals surface area contributed by atoms with E-state index in [0.717, 1.165) is 49.5 Å². The second-order valence-corrected chi connectivity index (χ2v) is 10.6. The summed E-state index contributed by atoms with van der Waals surface area (Å²) < 4.78 is 13.7. The van der Waals surface area contributed by atoms with Crippen molar-refractivity contribution in [2.45, 2.75) is 25.6 Å². The van der Waals surface area contributed by atoms with Crippen molar-refractivity contribution in [3.05, 3.63) is 95.6 Å². The van der Waals surface area contributed by atoms with E-state index in [1.54, 1.807) is 6.07 Å². The maximum atomic E-state index is 13.7. The first kappa shape index (κ1) is 29.0. The van der Waals surface area contributed by atoms with Gasteiger partial charge >= 0.3 is 5.97 Å². The molecule has 1 aliphatic heterocycles. The molecule has 2 aromatic heterocycles. The molecule has 0 radical (unpaired) electrons. The van der Waals surface area contributed by atoms with Gasteiger partial charge in [0.15, 0.2) is 0 Å². The third-order valence-corrected chi connectivity index (χ3v) is 7.23. The van der Waals surface area contributed by atoms with Gasteiger partial charge < -0.3 is 31.4 Å². The molecule has 3 heterocycles. The van der Waals surface area contributed by atoms with E-state index in [1.165, 1.54) is 12.1 Å². The normalized spacial score (nSPS) is 14.3. The van der Waals surface area contributed by atoms with Crippen LogP contribution in [0.1, 0.15) is 17.0 Å². The summed E-state index contributed by atoms with van der Waals surface area (Å²) in [5, 5.41) is 22.7. The van der Waals surface area contributed by atoms with Crippen molar-refractivity contribution < 1.29 is 14.3 Å². The topological polar surface area (TPSA) is 156 Å². The van der Waals surface area contributed by atoms with Crippen molar-refractivity contribution >= 4 is 40.5 Å². The van der Waals surface area contributed by atoms with Gasteiger partial charge in [-0.25, -0.2) is 14.2 Å². The number of hydrogen-bond donors (Lipinski definition) is 6. The smallest absolute Gasteiger partial charge is 0.326 e. The number of anilines is 4. The van der Waals surface area contributed by atoms with Crippen LogP contribution in [0.3, 0.4) is 0 Å². The molecule has 3 aromatic carbocycles. The van der Waals surface area contributed by atoms with Crippen molar-refractivity contribution in [1.82, 2.24) is 35.1 Å². The fourth-order valence-corrected chi connectivity index (χ4v) is 5.07. The molecule has 44 heavy (non-hydrogen) atoms. The molecule has 0 unspecified atom stereocenters. The first-order valence-electron chi connectivity index (χ1n) is 14.4. The molecule has 0 bridgehead atoms. The number of imidazole rings is 1. The number of aromatic nitrogens is 5. The standard InChI is InChI=1S/C31H33FN10O2/c32-22-9-10-24-25(17-22)37-27(36-24)18-34-29-39-30(35-23-8-4-7-21(15-23)19-42-13-11-33-12-14-42)41-31(40-29)38-26(28(43)44)16-20-5-2-1-3-6-20/h1-10,15,17,26,33H,11-14,16,18-19H2,(H,36,37)(H,43,44)(H3,34,35,38,39,40,41)/t26-/m0/s1. The minimum atomic E-state index is -1.03. The molecular formula is C31H33FN10O2. The Labute approximate surface area is 253 Å². The molecule has 1 saturated heterocycles. The zero-order valence-corrected chi connectivity index (χ0v) is 23.9. The van der Waals surface area contributed by atoms with Crippen LogP contribution in [-0.2, 0) is 24.3 Å². The number of benzene rings is 3. The van der Waals surface area contributed by atoms with Crippen LogP contribution in [0.15, 0.2) is 72.8 Å². The second-order valence-electron chi connectivity index (χ2n) is 10.6. The van der Waals surface area contributed by atoms with E-state index < -0.39 is 12.0 Å². The second kappa shape index (κ2) is 13.4. The van der Waals surface area contributed by atoms with Gasteiger partial charge in [0.25, 0.3) is 0 Å². The number of carboxylic acids is 1. The lowest BCUT2D eigenvalue weighted by Crippen LogP contribution is -2.42. The Kier molecular flexibility index (Phi) is 8.85. The van der Waals surface area contributed by atoms with Gasteiger partial charge in [0, 0.05) is 44.8 Å². The van der Waals surface area contributed by atoms with Crippen LogP contribution < -0.4 is 21.3 Å². The van der Waals surface area contributed by atoms with Crippen LogP contribution in [0.2, 0.25) is 0 Å². The van der Waals surface area contributed by atoms with E-state index in [2.05, 4.69) is 63.2 Å². The summed E-state index contributed by atoms with van der Waals surface area (Å²) in [4.78, 5) is 35.6. The van der Waals surface area contributed by atoms with E-state index in [1.807, 2.05) is 42.5 Å². The highest BCUT2D eigenvalue weighted by Gasteiger charge is 2.20. The van der Waals surface area contributed by atoms with Crippen LogP contribution >= 0.6 is 0 Å². The monoisotopic (exact) mass is 596 g/mol. The zero-order chi connectivity index (χ0) is 30.3. The van der Waals surface area contributed by atoms with Gasteiger partial charge in [-0.15, -0.1) is 0 Å². The minimum absolute atomic E-state index is 0.0944. The fourth-order valence-electron chi connectivity index (χ4n) is 5.07. The molecule has 1 aliphatic rings. The SMILES string of the molecule is O=C(O)[C@H](Cc1ccccc1)Nc1nc(NCc2nc3ccc(F)cc3[nH]2)nc(Nc2cccc(CN3CCNCC3)c2)n1. The predicted molar refractivity (Wildman–Crippen MR) is 166 cm³/mol. The average molecular weight is 597 g/mol. The number of aromatic amines is 1. The van der Waals surface area contributed by atoms with Gasteiger partial charge in [0.2, 0.25) is 17.8 Å². The van der Waals surface area contributed by atoms with Crippen LogP contribution in [0.5, 0.6) is 0 Å². The van der Waals surface area contributed by atoms with Crippen LogP contribution in [0.4, 0.5) is 27.9 Å². The van der Waals surface area contributed by atoms with E-state index in [9.17, 15) is 14.3 Å². The number of carboxylic acid groups (broad SMARTS) is 1. The molecule has 226 valence electrons. The quantitative estimate of drug-likeness (QED) is 0.125. The lowest BCUT2D eigenvalue weighted by Gasteiger charge is -2.27. The van der Waals surface area contributed by atoms with E-state index in [0.29, 0.717) is 16.9 Å². The first-order valence-corrected chi connectivity index (χ1v) is 14.4. The Morgan fingerprint density at radius 1 is 0.909 bits per heavy atom. The molecule has 5 aromatic rings. The summed E-state index contributed by atoms with van der Waals surface area (Å²) in [6, 6.07) is 20.8. The van der Waals surface area contributed by atoms with Gasteiger partial charge in [-0.2, -0.15) is 15.0 Å². The Morgan fingerprint density at radius 2 is 1.68 bits per heavy atom. The van der Waals surface area contributed by atoms with Crippen molar-refractivity contribution in [3.63, 3.8) is 0 Å². The van der Waals surface area contributed by atoms with Gasteiger partial charge in [-0.05, 0) is 41.5 Å². The first-order chi connectivity index (χ1) is 21.5. The molecule has 0 saturated carbocycles. The van der Waals surface area contributed by atoms with Crippen molar-refractivity contribution in [1.29, 1.82) is 0 Å². The lowest BCUT2D eigenvalue weighted by molar-refractivity contribution is -0.137. The Bertz CT molecular complexity index is 1730. The molecule has 0 spiro atoms. The highest BCUT2D eigenvalue weighted by atomic mass is 19.1. The van der Waals surface area contributed by atoms with E-state index in [4.69, 9.17) is 0 Å². The van der Waals surface area contributed by atoms with Gasteiger partial charge in [-0.3, -0.25) is 4.90 Å². The van der Waals surface area contributed by atoms with Crippen molar-refractivity contribution in [2.24, 2.45) is 0 Å². The number of halogens is 1. The summed E-state index contributed by atoms with van der Waals surface area (Å²) in [7, 11) is 0. The van der Waals surface area contributed by atoms with Gasteiger partial charge in [0.05, 0.1) is 17.6 Å². The molecule has 6 rings (SSSR count). The lowest BCUT2D eigenvalue weighted by atomic mass is 10.1. The van der Waals surface area contributed by atoms with Crippen LogP contribution in [-0.4, -0.2) is 73.1 Å². The predicted octanol–water partition coefficient (Wildman–Crippen LogP) is 3.76. The average Bonchev–Trinajstić information content (AvgIpc) is 3.43. The molecule has 0 aliphatic carbocycles. The molecule has 12 nitrogen and oxygen atoms in total. The number of piperazine rings is 1. The number of H-pyrrole nitrogens is 1. The van der Waals surface area contributed by atoms with E-state index >= 15 is 0 Å². The summed E-state index contributed by atoms with van der Waals surface area (Å²) in [6.07, 6.45) is 0.233. The number of nitrogens with zero attached hydrogens (tertiary/aromatic N) is 5.